The highest BCUT2D eigenvalue weighted by Crippen LogP contribution is 2.18. The first kappa shape index (κ1) is 13.2. The molecule has 3 aromatic rings. The summed E-state index contributed by atoms with van der Waals surface area (Å²) in [6.45, 7) is 3.95. The van der Waals surface area contributed by atoms with Gasteiger partial charge >= 0.3 is 5.91 Å². The molecule has 0 aliphatic heterocycles. The number of para-hydroxylation sites is 1. The molecular weight excluding hydrogens is 266 g/mol. The Hall–Kier alpha value is -2.82. The van der Waals surface area contributed by atoms with Crippen LogP contribution < -0.4 is 5.43 Å². The van der Waals surface area contributed by atoms with Crippen LogP contribution in [0.3, 0.4) is 0 Å². The minimum Gasteiger partial charge on any atom is -0.451 e. The zero-order valence-corrected chi connectivity index (χ0v) is 11.8. The van der Waals surface area contributed by atoms with Crippen molar-refractivity contribution in [2.45, 2.75) is 13.8 Å². The molecule has 0 bridgehead atoms. The fourth-order valence-electron chi connectivity index (χ4n) is 2.19. The van der Waals surface area contributed by atoms with Gasteiger partial charge in [-0.15, -0.1) is 0 Å². The molecule has 0 fully saturated rings. The van der Waals surface area contributed by atoms with E-state index in [4.69, 9.17) is 4.42 Å². The third-order valence-electron chi connectivity index (χ3n) is 3.20. The summed E-state index contributed by atoms with van der Waals surface area (Å²) in [7, 11) is 0. The highest BCUT2D eigenvalue weighted by atomic mass is 16.3. The van der Waals surface area contributed by atoms with Crippen LogP contribution in [-0.4, -0.2) is 17.1 Å². The van der Waals surface area contributed by atoms with Gasteiger partial charge in [-0.2, -0.15) is 5.10 Å². The first-order valence-electron chi connectivity index (χ1n) is 6.61. The molecule has 0 aliphatic rings. The molecule has 5 heteroatoms. The number of hydrazone groups is 1. The molecule has 0 spiro atoms. The monoisotopic (exact) mass is 281 g/mol. The maximum atomic E-state index is 12.0. The van der Waals surface area contributed by atoms with Crippen LogP contribution in [0.5, 0.6) is 0 Å². The van der Waals surface area contributed by atoms with Crippen molar-refractivity contribution in [3.8, 4) is 0 Å². The molecule has 0 saturated carbocycles. The number of hydrogen-bond acceptors (Lipinski definition) is 3. The van der Waals surface area contributed by atoms with Crippen LogP contribution in [0.4, 0.5) is 0 Å². The van der Waals surface area contributed by atoms with E-state index in [-0.39, 0.29) is 11.7 Å². The number of carbonyl (C=O) groups excluding carboxylic acids is 1. The van der Waals surface area contributed by atoms with Crippen LogP contribution in [0.15, 0.2) is 45.9 Å². The molecule has 2 heterocycles. The maximum Gasteiger partial charge on any atom is 0.307 e. The van der Waals surface area contributed by atoms with E-state index in [1.165, 1.54) is 0 Å². The van der Waals surface area contributed by atoms with E-state index in [1.54, 1.807) is 12.3 Å². The number of nitrogens with one attached hydrogen (secondary N) is 2. The van der Waals surface area contributed by atoms with Gasteiger partial charge in [0.2, 0.25) is 0 Å². The van der Waals surface area contributed by atoms with Crippen LogP contribution in [-0.2, 0) is 0 Å². The normalized spacial score (nSPS) is 11.3. The number of furan rings is 1. The van der Waals surface area contributed by atoms with Crippen LogP contribution >= 0.6 is 0 Å². The zero-order chi connectivity index (χ0) is 14.8. The highest BCUT2D eigenvalue weighted by Gasteiger charge is 2.10. The molecule has 21 heavy (non-hydrogen) atoms. The van der Waals surface area contributed by atoms with E-state index in [9.17, 15) is 4.79 Å². The van der Waals surface area contributed by atoms with Crippen LogP contribution in [0.2, 0.25) is 0 Å². The van der Waals surface area contributed by atoms with Gasteiger partial charge in [-0.05, 0) is 37.6 Å². The van der Waals surface area contributed by atoms with Crippen molar-refractivity contribution in [1.82, 2.24) is 10.4 Å². The number of nitrogens with zero attached hydrogens (tertiary/aromatic N) is 1. The van der Waals surface area contributed by atoms with Gasteiger partial charge in [0.15, 0.2) is 5.76 Å². The number of benzene rings is 1. The summed E-state index contributed by atoms with van der Waals surface area (Å²) in [5.74, 6) is -0.129. The summed E-state index contributed by atoms with van der Waals surface area (Å²) in [6, 6.07) is 11.2. The summed E-state index contributed by atoms with van der Waals surface area (Å²) in [6.07, 6.45) is 1.59. The molecule has 106 valence electrons. The van der Waals surface area contributed by atoms with Crippen molar-refractivity contribution in [3.05, 3.63) is 59.1 Å². The van der Waals surface area contributed by atoms with Crippen molar-refractivity contribution >= 4 is 23.1 Å². The SMILES string of the molecule is Cc1cc(C)c(C=NNC(=O)c2cc3ccccc3o2)[nH]1. The fourth-order valence-corrected chi connectivity index (χ4v) is 2.19. The minimum absolute atomic E-state index is 0.243. The van der Waals surface area contributed by atoms with Crippen LogP contribution in [0.25, 0.3) is 11.0 Å². The van der Waals surface area contributed by atoms with Crippen LogP contribution in [0, 0.1) is 13.8 Å². The van der Waals surface area contributed by atoms with E-state index in [1.807, 2.05) is 44.2 Å². The second kappa shape index (κ2) is 5.28. The quantitative estimate of drug-likeness (QED) is 0.572. The predicted octanol–water partition coefficient (Wildman–Crippen LogP) is 3.14. The Morgan fingerprint density at radius 2 is 2.10 bits per heavy atom. The Balaban J connectivity index is 1.73. The Kier molecular flexibility index (Phi) is 3.31. The second-order valence-electron chi connectivity index (χ2n) is 4.90. The molecule has 0 radical (unpaired) electrons. The van der Waals surface area contributed by atoms with Gasteiger partial charge < -0.3 is 9.40 Å². The first-order valence-corrected chi connectivity index (χ1v) is 6.61. The average molecular weight is 281 g/mol. The van der Waals surface area contributed by atoms with Crippen molar-refractivity contribution in [3.63, 3.8) is 0 Å². The second-order valence-corrected chi connectivity index (χ2v) is 4.90. The van der Waals surface area contributed by atoms with Crippen molar-refractivity contribution in [1.29, 1.82) is 0 Å². The average Bonchev–Trinajstić information content (AvgIpc) is 3.02. The number of amides is 1. The Morgan fingerprint density at radius 1 is 1.29 bits per heavy atom. The predicted molar refractivity (Wildman–Crippen MR) is 81.5 cm³/mol. The summed E-state index contributed by atoms with van der Waals surface area (Å²) in [5, 5.41) is 4.84. The van der Waals surface area contributed by atoms with E-state index in [2.05, 4.69) is 15.5 Å². The number of aromatic nitrogens is 1. The molecule has 3 rings (SSSR count). The molecule has 0 saturated heterocycles. The summed E-state index contributed by atoms with van der Waals surface area (Å²) < 4.78 is 5.47. The molecule has 1 aromatic carbocycles. The molecule has 0 atom stereocenters. The van der Waals surface area contributed by atoms with E-state index >= 15 is 0 Å². The molecule has 2 aromatic heterocycles. The molecular formula is C16H15N3O2. The van der Waals surface area contributed by atoms with Gasteiger partial charge in [0.1, 0.15) is 5.58 Å². The lowest BCUT2D eigenvalue weighted by Gasteiger charge is -1.95. The maximum absolute atomic E-state index is 12.0. The van der Waals surface area contributed by atoms with Gasteiger partial charge in [0.05, 0.1) is 11.9 Å². The van der Waals surface area contributed by atoms with Gasteiger partial charge in [-0.25, -0.2) is 5.43 Å². The van der Waals surface area contributed by atoms with E-state index in [0.717, 1.165) is 22.3 Å². The van der Waals surface area contributed by atoms with Gasteiger partial charge in [0.25, 0.3) is 0 Å². The van der Waals surface area contributed by atoms with Gasteiger partial charge in [-0.3, -0.25) is 4.79 Å². The third-order valence-corrected chi connectivity index (χ3v) is 3.20. The topological polar surface area (TPSA) is 70.4 Å². The zero-order valence-electron chi connectivity index (χ0n) is 11.8. The summed E-state index contributed by atoms with van der Waals surface area (Å²) in [5.41, 5.74) is 6.15. The Bertz CT molecular complexity index is 794. The standard InChI is InChI=1S/C16H15N3O2/c1-10-7-11(2)18-13(10)9-17-19-16(20)15-8-12-5-3-4-6-14(12)21-15/h3-9,18H,1-2H3,(H,19,20). The van der Waals surface area contributed by atoms with Crippen molar-refractivity contribution in [2.24, 2.45) is 5.10 Å². The lowest BCUT2D eigenvalue weighted by molar-refractivity contribution is 0.0929. The lowest BCUT2D eigenvalue weighted by atomic mass is 10.2. The van der Waals surface area contributed by atoms with Crippen molar-refractivity contribution in [2.75, 3.05) is 0 Å². The molecule has 0 unspecified atom stereocenters. The van der Waals surface area contributed by atoms with Gasteiger partial charge in [-0.1, -0.05) is 18.2 Å². The van der Waals surface area contributed by atoms with Crippen molar-refractivity contribution < 1.29 is 9.21 Å². The number of aryl methyl sites for hydroxylation is 2. The number of aromatic amines is 1. The van der Waals surface area contributed by atoms with E-state index < -0.39 is 0 Å². The molecule has 0 aliphatic carbocycles. The Morgan fingerprint density at radius 3 is 2.81 bits per heavy atom. The van der Waals surface area contributed by atoms with E-state index in [0.29, 0.717) is 5.58 Å². The molecule has 2 N–H and O–H groups in total. The number of hydrogen-bond donors (Lipinski definition) is 2. The number of rotatable bonds is 3. The molecule has 5 nitrogen and oxygen atoms in total. The number of fused-ring (bicyclic) bond motifs is 1. The van der Waals surface area contributed by atoms with Crippen LogP contribution in [0.1, 0.15) is 27.5 Å². The minimum atomic E-state index is -0.372. The van der Waals surface area contributed by atoms with Gasteiger partial charge in [0, 0.05) is 11.1 Å². The summed E-state index contributed by atoms with van der Waals surface area (Å²) >= 11 is 0. The third kappa shape index (κ3) is 2.72. The lowest BCUT2D eigenvalue weighted by Crippen LogP contribution is -2.16. The number of carbonyl (C=O) groups is 1. The molecule has 1 amide bonds. The smallest absolute Gasteiger partial charge is 0.307 e. The Labute approximate surface area is 121 Å². The largest absolute Gasteiger partial charge is 0.451 e. The first-order chi connectivity index (χ1) is 10.1. The summed E-state index contributed by atoms with van der Waals surface area (Å²) in [4.78, 5) is 15.1. The highest BCUT2D eigenvalue weighted by molar-refractivity contribution is 5.96. The fraction of sp³-hybridized carbons (Fsp3) is 0.125. The number of H-pyrrole nitrogens is 1.